The number of rotatable bonds is 2. The minimum atomic E-state index is 0. The van der Waals surface area contributed by atoms with Gasteiger partial charge in [-0.1, -0.05) is 6.07 Å². The molecule has 0 bridgehead atoms. The summed E-state index contributed by atoms with van der Waals surface area (Å²) in [7, 11) is 0. The smallest absolute Gasteiger partial charge is 0.133 e. The van der Waals surface area contributed by atoms with Gasteiger partial charge in [0, 0.05) is 11.9 Å². The highest BCUT2D eigenvalue weighted by Crippen LogP contribution is 2.27. The molecule has 2 N–H and O–H groups in total. The fourth-order valence-electron chi connectivity index (χ4n) is 0.914. The zero-order valence-corrected chi connectivity index (χ0v) is 9.22. The third-order valence-corrected chi connectivity index (χ3v) is 3.42. The van der Waals surface area contributed by atoms with Gasteiger partial charge in [0.1, 0.15) is 5.01 Å². The van der Waals surface area contributed by atoms with Crippen molar-refractivity contribution in [3.8, 4) is 9.88 Å². The van der Waals surface area contributed by atoms with Crippen LogP contribution in [0.15, 0.2) is 22.9 Å². The van der Waals surface area contributed by atoms with Crippen LogP contribution < -0.4 is 5.73 Å². The SMILES string of the molecule is Cl.NCc1csc(-c2cccs2)n1. The van der Waals surface area contributed by atoms with E-state index >= 15 is 0 Å². The predicted octanol–water partition coefficient (Wildman–Crippen LogP) is 2.75. The summed E-state index contributed by atoms with van der Waals surface area (Å²) in [6.07, 6.45) is 0. The van der Waals surface area contributed by atoms with Gasteiger partial charge >= 0.3 is 0 Å². The molecule has 13 heavy (non-hydrogen) atoms. The van der Waals surface area contributed by atoms with E-state index in [2.05, 4.69) is 16.4 Å². The third-order valence-electron chi connectivity index (χ3n) is 1.49. The van der Waals surface area contributed by atoms with Crippen molar-refractivity contribution < 1.29 is 0 Å². The van der Waals surface area contributed by atoms with Crippen molar-refractivity contribution in [2.45, 2.75) is 6.54 Å². The first-order valence-electron chi connectivity index (χ1n) is 3.58. The Morgan fingerprint density at radius 3 is 2.77 bits per heavy atom. The zero-order chi connectivity index (χ0) is 8.39. The molecule has 2 nitrogen and oxygen atoms in total. The Balaban J connectivity index is 0.000000845. The second-order valence-corrected chi connectivity index (χ2v) is 4.13. The first-order chi connectivity index (χ1) is 5.90. The molecule has 0 saturated carbocycles. The van der Waals surface area contributed by atoms with Crippen molar-refractivity contribution in [3.63, 3.8) is 0 Å². The predicted molar refractivity (Wildman–Crippen MR) is 60.6 cm³/mol. The number of nitrogens with two attached hydrogens (primary N) is 1. The summed E-state index contributed by atoms with van der Waals surface area (Å²) in [6.45, 7) is 0.530. The van der Waals surface area contributed by atoms with Gasteiger partial charge in [-0.2, -0.15) is 0 Å². The third kappa shape index (κ3) is 2.28. The number of nitrogens with zero attached hydrogens (tertiary/aromatic N) is 1. The summed E-state index contributed by atoms with van der Waals surface area (Å²) in [5.41, 5.74) is 6.44. The normalized spacial score (nSPS) is 9.62. The van der Waals surface area contributed by atoms with Crippen LogP contribution in [0.1, 0.15) is 5.69 Å². The Labute approximate surface area is 90.8 Å². The van der Waals surface area contributed by atoms with Crippen molar-refractivity contribution >= 4 is 35.1 Å². The lowest BCUT2D eigenvalue weighted by atomic mass is 10.4. The maximum atomic E-state index is 5.46. The monoisotopic (exact) mass is 232 g/mol. The van der Waals surface area contributed by atoms with Crippen LogP contribution in [0.2, 0.25) is 0 Å². The van der Waals surface area contributed by atoms with Crippen LogP contribution in [0, 0.1) is 0 Å². The van der Waals surface area contributed by atoms with E-state index in [9.17, 15) is 0 Å². The summed E-state index contributed by atoms with van der Waals surface area (Å²) in [6, 6.07) is 4.10. The van der Waals surface area contributed by atoms with E-state index in [0.29, 0.717) is 6.54 Å². The van der Waals surface area contributed by atoms with E-state index in [0.717, 1.165) is 10.7 Å². The van der Waals surface area contributed by atoms with E-state index in [-0.39, 0.29) is 12.4 Å². The molecule has 0 aliphatic carbocycles. The Morgan fingerprint density at radius 1 is 1.38 bits per heavy atom. The van der Waals surface area contributed by atoms with Gasteiger partial charge in [-0.15, -0.1) is 35.1 Å². The van der Waals surface area contributed by atoms with E-state index in [1.54, 1.807) is 22.7 Å². The fraction of sp³-hybridized carbons (Fsp3) is 0.125. The number of hydrogen-bond donors (Lipinski definition) is 1. The van der Waals surface area contributed by atoms with Gasteiger partial charge in [0.05, 0.1) is 10.6 Å². The average Bonchev–Trinajstić information content (AvgIpc) is 2.75. The lowest BCUT2D eigenvalue weighted by Crippen LogP contribution is -1.95. The van der Waals surface area contributed by atoms with E-state index in [1.165, 1.54) is 4.88 Å². The molecule has 2 aromatic rings. The maximum Gasteiger partial charge on any atom is 0.133 e. The van der Waals surface area contributed by atoms with Gasteiger partial charge in [-0.25, -0.2) is 4.98 Å². The summed E-state index contributed by atoms with van der Waals surface area (Å²) in [5, 5.41) is 5.14. The summed E-state index contributed by atoms with van der Waals surface area (Å²) in [4.78, 5) is 5.60. The molecule has 70 valence electrons. The van der Waals surface area contributed by atoms with Gasteiger partial charge in [-0.3, -0.25) is 0 Å². The quantitative estimate of drug-likeness (QED) is 0.865. The molecule has 0 aliphatic rings. The Kier molecular flexibility index (Phi) is 3.87. The molecule has 5 heteroatoms. The first-order valence-corrected chi connectivity index (χ1v) is 5.34. The number of aromatic nitrogens is 1. The van der Waals surface area contributed by atoms with E-state index < -0.39 is 0 Å². The Morgan fingerprint density at radius 2 is 2.23 bits per heavy atom. The molecular formula is C8H9ClN2S2. The zero-order valence-electron chi connectivity index (χ0n) is 6.77. The Hall–Kier alpha value is -0.420. The molecule has 0 aromatic carbocycles. The number of thiazole rings is 1. The highest BCUT2D eigenvalue weighted by Gasteiger charge is 2.03. The largest absolute Gasteiger partial charge is 0.325 e. The van der Waals surface area contributed by atoms with E-state index in [1.807, 2.05) is 11.4 Å². The maximum absolute atomic E-state index is 5.46. The topological polar surface area (TPSA) is 38.9 Å². The second kappa shape index (κ2) is 4.72. The minimum absolute atomic E-state index is 0. The molecule has 0 atom stereocenters. The molecule has 0 spiro atoms. The molecule has 0 fully saturated rings. The molecule has 0 saturated heterocycles. The molecule has 0 aliphatic heterocycles. The number of hydrogen-bond acceptors (Lipinski definition) is 4. The average molecular weight is 233 g/mol. The highest BCUT2D eigenvalue weighted by molar-refractivity contribution is 7.20. The molecule has 2 heterocycles. The summed E-state index contributed by atoms with van der Waals surface area (Å²) in [5.74, 6) is 0. The van der Waals surface area contributed by atoms with Crippen LogP contribution in [-0.4, -0.2) is 4.98 Å². The number of thiophene rings is 1. The summed E-state index contributed by atoms with van der Waals surface area (Å²) >= 11 is 3.36. The standard InChI is InChI=1S/C8H8N2S2.ClH/c9-4-6-5-12-8(10-6)7-2-1-3-11-7;/h1-3,5H,4,9H2;1H. The fourth-order valence-corrected chi connectivity index (χ4v) is 2.56. The van der Waals surface area contributed by atoms with Crippen molar-refractivity contribution in [3.05, 3.63) is 28.6 Å². The van der Waals surface area contributed by atoms with Crippen molar-refractivity contribution in [1.82, 2.24) is 4.98 Å². The first kappa shape index (κ1) is 10.7. The molecule has 0 radical (unpaired) electrons. The van der Waals surface area contributed by atoms with Gasteiger partial charge in [-0.05, 0) is 11.4 Å². The second-order valence-electron chi connectivity index (χ2n) is 2.33. The van der Waals surface area contributed by atoms with Crippen LogP contribution in [0.25, 0.3) is 9.88 Å². The van der Waals surface area contributed by atoms with Crippen LogP contribution >= 0.6 is 35.1 Å². The molecule has 0 amide bonds. The lowest BCUT2D eigenvalue weighted by molar-refractivity contribution is 1.01. The van der Waals surface area contributed by atoms with E-state index in [4.69, 9.17) is 5.73 Å². The minimum Gasteiger partial charge on any atom is -0.325 e. The highest BCUT2D eigenvalue weighted by atomic mass is 35.5. The van der Waals surface area contributed by atoms with Crippen LogP contribution in [0.4, 0.5) is 0 Å². The van der Waals surface area contributed by atoms with Gasteiger partial charge in [0.15, 0.2) is 0 Å². The lowest BCUT2D eigenvalue weighted by Gasteiger charge is -1.86. The van der Waals surface area contributed by atoms with Gasteiger partial charge in [0.25, 0.3) is 0 Å². The van der Waals surface area contributed by atoms with Gasteiger partial charge in [0.2, 0.25) is 0 Å². The molecule has 2 aromatic heterocycles. The van der Waals surface area contributed by atoms with Crippen LogP contribution in [-0.2, 0) is 6.54 Å². The molecule has 0 unspecified atom stereocenters. The van der Waals surface area contributed by atoms with Crippen molar-refractivity contribution in [2.75, 3.05) is 0 Å². The molecule has 2 rings (SSSR count). The van der Waals surface area contributed by atoms with Gasteiger partial charge < -0.3 is 5.73 Å². The van der Waals surface area contributed by atoms with Crippen LogP contribution in [0.3, 0.4) is 0 Å². The van der Waals surface area contributed by atoms with Crippen LogP contribution in [0.5, 0.6) is 0 Å². The number of halogens is 1. The van der Waals surface area contributed by atoms with Crippen molar-refractivity contribution in [2.24, 2.45) is 5.73 Å². The van der Waals surface area contributed by atoms with Crippen molar-refractivity contribution in [1.29, 1.82) is 0 Å². The Bertz CT molecular complexity index is 356. The molecular weight excluding hydrogens is 224 g/mol. The summed E-state index contributed by atoms with van der Waals surface area (Å²) < 4.78 is 0.